The highest BCUT2D eigenvalue weighted by molar-refractivity contribution is 5.68. The van der Waals surface area contributed by atoms with E-state index in [0.717, 1.165) is 18.2 Å². The van der Waals surface area contributed by atoms with Crippen LogP contribution < -0.4 is 0 Å². The summed E-state index contributed by atoms with van der Waals surface area (Å²) in [4.78, 5) is 0. The van der Waals surface area contributed by atoms with E-state index in [1.54, 1.807) is 0 Å². The molecule has 0 bridgehead atoms. The van der Waals surface area contributed by atoms with E-state index in [4.69, 9.17) is 0 Å². The Hall–Kier alpha value is -1.91. The van der Waals surface area contributed by atoms with Gasteiger partial charge in [-0.2, -0.15) is 13.2 Å². The van der Waals surface area contributed by atoms with Crippen molar-refractivity contribution in [3.05, 3.63) is 59.2 Å². The molecule has 0 fully saturated rings. The monoisotopic (exact) mass is 272 g/mol. The highest BCUT2D eigenvalue weighted by Gasteiger charge is 2.30. The molecule has 19 heavy (non-hydrogen) atoms. The van der Waals surface area contributed by atoms with Crippen LogP contribution in [0.4, 0.5) is 22.0 Å². The van der Waals surface area contributed by atoms with E-state index in [2.05, 4.69) is 0 Å². The molecule has 2 aromatic carbocycles. The van der Waals surface area contributed by atoms with Gasteiger partial charge in [0.2, 0.25) is 0 Å². The van der Waals surface area contributed by atoms with Crippen molar-refractivity contribution in [3.8, 4) is 11.1 Å². The summed E-state index contributed by atoms with van der Waals surface area (Å²) >= 11 is 0. The topological polar surface area (TPSA) is 0 Å². The van der Waals surface area contributed by atoms with E-state index in [-0.39, 0.29) is 11.1 Å². The standard InChI is InChI=1S/C14H9F5/c1-8-6-9(14(17,18)19)2-4-11(8)12-5-3-10(15)7-13(12)16/h2-7H,1H3. The van der Waals surface area contributed by atoms with Gasteiger partial charge in [-0.1, -0.05) is 6.07 Å². The van der Waals surface area contributed by atoms with Gasteiger partial charge in [0.1, 0.15) is 11.6 Å². The Bertz CT molecular complexity index is 614. The minimum atomic E-state index is -4.44. The van der Waals surface area contributed by atoms with E-state index in [1.807, 2.05) is 0 Å². The lowest BCUT2D eigenvalue weighted by molar-refractivity contribution is -0.137. The lowest BCUT2D eigenvalue weighted by atomic mass is 9.98. The Labute approximate surface area is 106 Å². The summed E-state index contributed by atoms with van der Waals surface area (Å²) in [5.74, 6) is -1.53. The third-order valence-electron chi connectivity index (χ3n) is 2.78. The van der Waals surface area contributed by atoms with Crippen molar-refractivity contribution in [2.24, 2.45) is 0 Å². The zero-order valence-corrected chi connectivity index (χ0v) is 9.85. The molecule has 0 amide bonds. The maximum atomic E-state index is 13.6. The Kier molecular flexibility index (Phi) is 3.30. The first-order valence-electron chi connectivity index (χ1n) is 5.42. The number of hydrogen-bond donors (Lipinski definition) is 0. The van der Waals surface area contributed by atoms with Crippen LogP contribution in [-0.2, 0) is 6.18 Å². The average Bonchev–Trinajstić information content (AvgIpc) is 2.28. The minimum Gasteiger partial charge on any atom is -0.207 e. The third-order valence-corrected chi connectivity index (χ3v) is 2.78. The van der Waals surface area contributed by atoms with Crippen LogP contribution in [0.5, 0.6) is 0 Å². The van der Waals surface area contributed by atoms with Gasteiger partial charge in [0.15, 0.2) is 0 Å². The maximum Gasteiger partial charge on any atom is 0.416 e. The number of benzene rings is 2. The Morgan fingerprint density at radius 2 is 1.47 bits per heavy atom. The molecule has 0 aliphatic rings. The van der Waals surface area contributed by atoms with Crippen LogP contribution in [0.1, 0.15) is 11.1 Å². The van der Waals surface area contributed by atoms with Crippen LogP contribution in [0.3, 0.4) is 0 Å². The fourth-order valence-electron chi connectivity index (χ4n) is 1.85. The molecule has 2 rings (SSSR count). The van der Waals surface area contributed by atoms with Crippen molar-refractivity contribution in [3.63, 3.8) is 0 Å². The summed E-state index contributed by atoms with van der Waals surface area (Å²) < 4.78 is 63.9. The van der Waals surface area contributed by atoms with Crippen LogP contribution in [0.15, 0.2) is 36.4 Å². The maximum absolute atomic E-state index is 13.6. The van der Waals surface area contributed by atoms with E-state index >= 15 is 0 Å². The Morgan fingerprint density at radius 1 is 0.842 bits per heavy atom. The van der Waals surface area contributed by atoms with Gasteiger partial charge in [-0.25, -0.2) is 8.78 Å². The predicted octanol–water partition coefficient (Wildman–Crippen LogP) is 4.96. The van der Waals surface area contributed by atoms with Gasteiger partial charge in [-0.3, -0.25) is 0 Å². The van der Waals surface area contributed by atoms with Gasteiger partial charge >= 0.3 is 6.18 Å². The number of aryl methyl sites for hydroxylation is 1. The summed E-state index contributed by atoms with van der Waals surface area (Å²) in [5, 5.41) is 0. The molecule has 0 nitrogen and oxygen atoms in total. The molecular weight excluding hydrogens is 263 g/mol. The number of alkyl halides is 3. The van der Waals surface area contributed by atoms with Gasteiger partial charge in [0, 0.05) is 11.6 Å². The van der Waals surface area contributed by atoms with Crippen molar-refractivity contribution in [1.29, 1.82) is 0 Å². The molecule has 0 aromatic heterocycles. The van der Waals surface area contributed by atoms with E-state index in [1.165, 1.54) is 19.1 Å². The normalized spacial score (nSPS) is 11.7. The van der Waals surface area contributed by atoms with Gasteiger partial charge in [-0.05, 0) is 42.3 Å². The Balaban J connectivity index is 2.52. The van der Waals surface area contributed by atoms with Crippen LogP contribution >= 0.6 is 0 Å². The van der Waals surface area contributed by atoms with Crippen molar-refractivity contribution >= 4 is 0 Å². The van der Waals surface area contributed by atoms with Gasteiger partial charge in [0.25, 0.3) is 0 Å². The second kappa shape index (κ2) is 4.64. The van der Waals surface area contributed by atoms with Crippen LogP contribution in [-0.4, -0.2) is 0 Å². The summed E-state index contributed by atoms with van der Waals surface area (Å²) in [6.07, 6.45) is -4.44. The molecule has 0 aliphatic carbocycles. The molecule has 5 heteroatoms. The Morgan fingerprint density at radius 3 is 2.00 bits per heavy atom. The van der Waals surface area contributed by atoms with E-state index < -0.39 is 23.4 Å². The quantitative estimate of drug-likeness (QED) is 0.644. The van der Waals surface area contributed by atoms with Crippen LogP contribution in [0.25, 0.3) is 11.1 Å². The van der Waals surface area contributed by atoms with Crippen LogP contribution in [0.2, 0.25) is 0 Å². The summed E-state index contributed by atoms with van der Waals surface area (Å²) in [7, 11) is 0. The molecule has 0 heterocycles. The SMILES string of the molecule is Cc1cc(C(F)(F)F)ccc1-c1ccc(F)cc1F. The van der Waals surface area contributed by atoms with Gasteiger partial charge in [-0.15, -0.1) is 0 Å². The number of rotatable bonds is 1. The van der Waals surface area contributed by atoms with Crippen molar-refractivity contribution in [2.75, 3.05) is 0 Å². The minimum absolute atomic E-state index is 0.0765. The largest absolute Gasteiger partial charge is 0.416 e. The van der Waals surface area contributed by atoms with E-state index in [0.29, 0.717) is 11.6 Å². The molecule has 0 saturated heterocycles. The summed E-state index contributed by atoms with van der Waals surface area (Å²) in [5.41, 5.74) is -0.130. The van der Waals surface area contributed by atoms with Gasteiger partial charge < -0.3 is 0 Å². The van der Waals surface area contributed by atoms with Gasteiger partial charge in [0.05, 0.1) is 5.56 Å². The lowest BCUT2D eigenvalue weighted by Gasteiger charge is -2.11. The second-order valence-corrected chi connectivity index (χ2v) is 4.15. The molecule has 0 aliphatic heterocycles. The number of hydrogen-bond acceptors (Lipinski definition) is 0. The third kappa shape index (κ3) is 2.75. The smallest absolute Gasteiger partial charge is 0.207 e. The fraction of sp³-hybridized carbons (Fsp3) is 0.143. The van der Waals surface area contributed by atoms with Crippen molar-refractivity contribution < 1.29 is 22.0 Å². The average molecular weight is 272 g/mol. The highest BCUT2D eigenvalue weighted by atomic mass is 19.4. The first-order valence-corrected chi connectivity index (χ1v) is 5.42. The molecule has 0 radical (unpaired) electrons. The number of halogens is 5. The van der Waals surface area contributed by atoms with Crippen LogP contribution in [0, 0.1) is 18.6 Å². The zero-order chi connectivity index (χ0) is 14.2. The summed E-state index contributed by atoms with van der Waals surface area (Å²) in [6.45, 7) is 1.45. The highest BCUT2D eigenvalue weighted by Crippen LogP contribution is 2.33. The molecule has 0 unspecified atom stereocenters. The summed E-state index contributed by atoms with van der Waals surface area (Å²) in [6, 6.07) is 5.99. The molecule has 100 valence electrons. The second-order valence-electron chi connectivity index (χ2n) is 4.15. The molecule has 0 N–H and O–H groups in total. The van der Waals surface area contributed by atoms with E-state index in [9.17, 15) is 22.0 Å². The molecular formula is C14H9F5. The first kappa shape index (κ1) is 13.5. The molecule has 0 atom stereocenters. The van der Waals surface area contributed by atoms with Crippen molar-refractivity contribution in [2.45, 2.75) is 13.1 Å². The molecule has 0 spiro atoms. The first-order chi connectivity index (χ1) is 8.79. The lowest BCUT2D eigenvalue weighted by Crippen LogP contribution is -2.05. The predicted molar refractivity (Wildman–Crippen MR) is 61.5 cm³/mol. The fourth-order valence-corrected chi connectivity index (χ4v) is 1.85. The molecule has 2 aromatic rings. The zero-order valence-electron chi connectivity index (χ0n) is 9.85. The van der Waals surface area contributed by atoms with Crippen molar-refractivity contribution in [1.82, 2.24) is 0 Å². The molecule has 0 saturated carbocycles.